The number of halogens is 1. The number of anilines is 1. The third kappa shape index (κ3) is 3.04. The van der Waals surface area contributed by atoms with Gasteiger partial charge in [0.1, 0.15) is 5.75 Å². The van der Waals surface area contributed by atoms with E-state index < -0.39 is 5.82 Å². The van der Waals surface area contributed by atoms with Gasteiger partial charge in [-0.15, -0.1) is 0 Å². The molecular weight excluding hydrogens is 237 g/mol. The smallest absolute Gasteiger partial charge is 0.167 e. The first kappa shape index (κ1) is 13.0. The highest BCUT2D eigenvalue weighted by Crippen LogP contribution is 2.30. The van der Waals surface area contributed by atoms with Gasteiger partial charge in [-0.3, -0.25) is 0 Å². The molecule has 1 aliphatic rings. The standard InChI is InChI=1S/C13H18FNO3/c1-2-17-12-6-13(11(15)5-10(12)14)18-8-9-3-4-16-7-9/h5-6,9H,2-4,7-8,15H2,1H3. The summed E-state index contributed by atoms with van der Waals surface area (Å²) in [6.07, 6.45) is 0.986. The van der Waals surface area contributed by atoms with Crippen molar-refractivity contribution in [3.8, 4) is 11.5 Å². The number of ether oxygens (including phenoxy) is 3. The van der Waals surface area contributed by atoms with E-state index in [1.54, 1.807) is 6.92 Å². The van der Waals surface area contributed by atoms with Gasteiger partial charge in [0, 0.05) is 24.7 Å². The van der Waals surface area contributed by atoms with E-state index in [4.69, 9.17) is 19.9 Å². The number of benzene rings is 1. The summed E-state index contributed by atoms with van der Waals surface area (Å²) in [7, 11) is 0. The first-order valence-electron chi connectivity index (χ1n) is 6.13. The minimum absolute atomic E-state index is 0.171. The summed E-state index contributed by atoms with van der Waals surface area (Å²) in [6, 6.07) is 2.73. The Kier molecular flexibility index (Phi) is 4.25. The molecule has 1 atom stereocenters. The van der Waals surface area contributed by atoms with Gasteiger partial charge in [-0.05, 0) is 13.3 Å². The average Bonchev–Trinajstić information content (AvgIpc) is 2.84. The van der Waals surface area contributed by atoms with Gasteiger partial charge in [0.05, 0.1) is 25.5 Å². The van der Waals surface area contributed by atoms with E-state index in [1.807, 2.05) is 0 Å². The largest absolute Gasteiger partial charge is 0.491 e. The quantitative estimate of drug-likeness (QED) is 0.820. The van der Waals surface area contributed by atoms with Crippen LogP contribution in [-0.4, -0.2) is 26.4 Å². The molecule has 1 aromatic rings. The highest BCUT2D eigenvalue weighted by Gasteiger charge is 2.17. The van der Waals surface area contributed by atoms with Gasteiger partial charge in [0.2, 0.25) is 0 Å². The molecule has 1 aromatic carbocycles. The van der Waals surface area contributed by atoms with Crippen LogP contribution in [0.1, 0.15) is 13.3 Å². The Morgan fingerprint density at radius 2 is 2.22 bits per heavy atom. The van der Waals surface area contributed by atoms with Gasteiger partial charge < -0.3 is 19.9 Å². The Balaban J connectivity index is 2.03. The van der Waals surface area contributed by atoms with Crippen LogP contribution < -0.4 is 15.2 Å². The van der Waals surface area contributed by atoms with E-state index in [9.17, 15) is 4.39 Å². The van der Waals surface area contributed by atoms with E-state index in [0.29, 0.717) is 31.5 Å². The Morgan fingerprint density at radius 1 is 1.39 bits per heavy atom. The zero-order valence-corrected chi connectivity index (χ0v) is 10.4. The Morgan fingerprint density at radius 3 is 2.89 bits per heavy atom. The van der Waals surface area contributed by atoms with Crippen molar-refractivity contribution >= 4 is 5.69 Å². The highest BCUT2D eigenvalue weighted by molar-refractivity contribution is 5.56. The molecule has 2 N–H and O–H groups in total. The van der Waals surface area contributed by atoms with Gasteiger partial charge >= 0.3 is 0 Å². The Bertz CT molecular complexity index is 405. The molecule has 1 saturated heterocycles. The molecule has 1 fully saturated rings. The van der Waals surface area contributed by atoms with Crippen LogP contribution in [-0.2, 0) is 4.74 Å². The van der Waals surface area contributed by atoms with Crippen LogP contribution in [0, 0.1) is 11.7 Å². The van der Waals surface area contributed by atoms with Crippen molar-refractivity contribution < 1.29 is 18.6 Å². The molecule has 18 heavy (non-hydrogen) atoms. The zero-order chi connectivity index (χ0) is 13.0. The summed E-state index contributed by atoms with van der Waals surface area (Å²) < 4.78 is 29.5. The Hall–Kier alpha value is -1.49. The fraction of sp³-hybridized carbons (Fsp3) is 0.538. The Labute approximate surface area is 106 Å². The maximum atomic E-state index is 13.5. The van der Waals surface area contributed by atoms with Gasteiger partial charge in [-0.1, -0.05) is 0 Å². The van der Waals surface area contributed by atoms with Crippen molar-refractivity contribution in [3.63, 3.8) is 0 Å². The third-order valence-electron chi connectivity index (χ3n) is 2.86. The predicted octanol–water partition coefficient (Wildman–Crippen LogP) is 2.22. The van der Waals surface area contributed by atoms with Crippen LogP contribution in [0.2, 0.25) is 0 Å². The minimum atomic E-state index is -0.467. The lowest BCUT2D eigenvalue weighted by Gasteiger charge is -2.14. The number of hydrogen-bond donors (Lipinski definition) is 1. The van der Waals surface area contributed by atoms with E-state index in [2.05, 4.69) is 0 Å². The van der Waals surface area contributed by atoms with Crippen LogP contribution in [0.4, 0.5) is 10.1 Å². The number of nitrogen functional groups attached to an aromatic ring is 1. The summed E-state index contributed by atoms with van der Waals surface area (Å²) in [5, 5.41) is 0. The third-order valence-corrected chi connectivity index (χ3v) is 2.86. The maximum Gasteiger partial charge on any atom is 0.167 e. The SMILES string of the molecule is CCOc1cc(OCC2CCOC2)c(N)cc1F. The van der Waals surface area contributed by atoms with Crippen LogP contribution >= 0.6 is 0 Å². The molecule has 0 radical (unpaired) electrons. The lowest BCUT2D eigenvalue weighted by Crippen LogP contribution is -2.12. The van der Waals surface area contributed by atoms with Gasteiger partial charge in [-0.25, -0.2) is 4.39 Å². The molecule has 2 rings (SSSR count). The molecule has 1 heterocycles. The van der Waals surface area contributed by atoms with Crippen LogP contribution in [0.5, 0.6) is 11.5 Å². The van der Waals surface area contributed by atoms with E-state index in [0.717, 1.165) is 13.0 Å². The zero-order valence-electron chi connectivity index (χ0n) is 10.4. The van der Waals surface area contributed by atoms with Gasteiger partial charge in [0.15, 0.2) is 11.6 Å². The second-order valence-corrected chi connectivity index (χ2v) is 4.29. The van der Waals surface area contributed by atoms with Gasteiger partial charge in [-0.2, -0.15) is 0 Å². The molecule has 100 valence electrons. The second-order valence-electron chi connectivity index (χ2n) is 4.29. The summed E-state index contributed by atoms with van der Waals surface area (Å²) >= 11 is 0. The second kappa shape index (κ2) is 5.91. The minimum Gasteiger partial charge on any atom is -0.491 e. The number of rotatable bonds is 5. The predicted molar refractivity (Wildman–Crippen MR) is 66.4 cm³/mol. The summed E-state index contributed by atoms with van der Waals surface area (Å²) in [4.78, 5) is 0. The first-order valence-corrected chi connectivity index (χ1v) is 6.13. The summed E-state index contributed by atoms with van der Waals surface area (Å²) in [6.45, 7) is 4.21. The molecule has 1 aliphatic heterocycles. The molecular formula is C13H18FNO3. The summed E-state index contributed by atoms with van der Waals surface area (Å²) in [5.74, 6) is 0.548. The highest BCUT2D eigenvalue weighted by atomic mass is 19.1. The van der Waals surface area contributed by atoms with Crippen molar-refractivity contribution in [3.05, 3.63) is 17.9 Å². The molecule has 0 amide bonds. The fourth-order valence-electron chi connectivity index (χ4n) is 1.86. The van der Waals surface area contributed by atoms with Crippen LogP contribution in [0.3, 0.4) is 0 Å². The molecule has 0 aliphatic carbocycles. The fourth-order valence-corrected chi connectivity index (χ4v) is 1.86. The van der Waals surface area contributed by atoms with Crippen LogP contribution in [0.15, 0.2) is 12.1 Å². The van der Waals surface area contributed by atoms with Crippen molar-refractivity contribution in [2.45, 2.75) is 13.3 Å². The van der Waals surface area contributed by atoms with E-state index in [-0.39, 0.29) is 11.4 Å². The topological polar surface area (TPSA) is 53.7 Å². The summed E-state index contributed by atoms with van der Waals surface area (Å²) in [5.41, 5.74) is 6.01. The van der Waals surface area contributed by atoms with E-state index in [1.165, 1.54) is 12.1 Å². The monoisotopic (exact) mass is 255 g/mol. The molecule has 0 spiro atoms. The molecule has 5 heteroatoms. The first-order chi connectivity index (χ1) is 8.70. The maximum absolute atomic E-state index is 13.5. The normalized spacial score (nSPS) is 18.9. The van der Waals surface area contributed by atoms with Crippen molar-refractivity contribution in [2.75, 3.05) is 32.2 Å². The molecule has 0 saturated carbocycles. The van der Waals surface area contributed by atoms with Crippen molar-refractivity contribution in [2.24, 2.45) is 5.92 Å². The van der Waals surface area contributed by atoms with Crippen molar-refractivity contribution in [1.82, 2.24) is 0 Å². The average molecular weight is 255 g/mol. The molecule has 0 bridgehead atoms. The van der Waals surface area contributed by atoms with E-state index >= 15 is 0 Å². The van der Waals surface area contributed by atoms with Gasteiger partial charge in [0.25, 0.3) is 0 Å². The number of nitrogens with two attached hydrogens (primary N) is 1. The molecule has 1 unspecified atom stereocenters. The van der Waals surface area contributed by atoms with Crippen LogP contribution in [0.25, 0.3) is 0 Å². The molecule has 4 nitrogen and oxygen atoms in total. The lowest BCUT2D eigenvalue weighted by atomic mass is 10.1. The number of hydrogen-bond acceptors (Lipinski definition) is 4. The lowest BCUT2D eigenvalue weighted by molar-refractivity contribution is 0.167. The molecule has 0 aromatic heterocycles. The van der Waals surface area contributed by atoms with Crippen molar-refractivity contribution in [1.29, 1.82) is 0 Å².